The second kappa shape index (κ2) is 5.55. The van der Waals surface area contributed by atoms with Gasteiger partial charge in [0.05, 0.1) is 11.9 Å². The van der Waals surface area contributed by atoms with Gasteiger partial charge in [-0.1, -0.05) is 6.92 Å². The van der Waals surface area contributed by atoms with E-state index < -0.39 is 0 Å². The molecule has 2 aliphatic rings. The first-order valence-electron chi connectivity index (χ1n) is 7.39. The topological polar surface area (TPSA) is 28.2 Å². The van der Waals surface area contributed by atoms with Crippen LogP contribution < -0.4 is 5.32 Å². The van der Waals surface area contributed by atoms with Gasteiger partial charge in [0, 0.05) is 24.7 Å². The minimum atomic E-state index is -0.263. The maximum absolute atomic E-state index is 12.9. The van der Waals surface area contributed by atoms with Crippen LogP contribution in [-0.4, -0.2) is 35.1 Å². The highest BCUT2D eigenvalue weighted by atomic mass is 19.1. The molecule has 2 saturated heterocycles. The molecule has 3 atom stereocenters. The van der Waals surface area contributed by atoms with E-state index in [4.69, 9.17) is 0 Å². The van der Waals surface area contributed by atoms with Gasteiger partial charge in [-0.2, -0.15) is 0 Å². The number of pyridine rings is 1. The van der Waals surface area contributed by atoms with Crippen LogP contribution in [0.3, 0.4) is 0 Å². The Bertz CT molecular complexity index is 420. The molecule has 0 aliphatic carbocycles. The standard InChI is InChI=1S/C15H22FN3/c1-2-12(13-6-5-11(16)10-17-13)18-14-7-9-19-8-3-4-15(14)19/h5-6,10,12,14-15,18H,2-4,7-9H2,1H3. The Labute approximate surface area is 114 Å². The van der Waals surface area contributed by atoms with Gasteiger partial charge in [0.1, 0.15) is 5.82 Å². The van der Waals surface area contributed by atoms with Gasteiger partial charge in [0.2, 0.25) is 0 Å². The Morgan fingerprint density at radius 3 is 3.05 bits per heavy atom. The first kappa shape index (κ1) is 13.0. The van der Waals surface area contributed by atoms with E-state index in [2.05, 4.69) is 22.1 Å². The fourth-order valence-corrected chi connectivity index (χ4v) is 3.54. The number of nitrogens with one attached hydrogen (secondary N) is 1. The molecule has 19 heavy (non-hydrogen) atoms. The molecule has 0 aromatic carbocycles. The van der Waals surface area contributed by atoms with E-state index in [1.54, 1.807) is 6.07 Å². The van der Waals surface area contributed by atoms with Gasteiger partial charge in [-0.05, 0) is 44.4 Å². The molecule has 1 aromatic rings. The Morgan fingerprint density at radius 2 is 2.32 bits per heavy atom. The van der Waals surface area contributed by atoms with Crippen molar-refractivity contribution in [3.63, 3.8) is 0 Å². The van der Waals surface area contributed by atoms with Crippen LogP contribution in [0.2, 0.25) is 0 Å². The van der Waals surface area contributed by atoms with Crippen molar-refractivity contribution in [2.24, 2.45) is 0 Å². The average Bonchev–Trinajstić information content (AvgIpc) is 3.01. The van der Waals surface area contributed by atoms with Gasteiger partial charge < -0.3 is 5.32 Å². The molecule has 3 rings (SSSR count). The van der Waals surface area contributed by atoms with Crippen molar-refractivity contribution in [2.45, 2.75) is 50.7 Å². The lowest BCUT2D eigenvalue weighted by Gasteiger charge is -2.26. The number of halogens is 1. The molecule has 1 aromatic heterocycles. The van der Waals surface area contributed by atoms with Gasteiger partial charge >= 0.3 is 0 Å². The smallest absolute Gasteiger partial charge is 0.141 e. The van der Waals surface area contributed by atoms with Crippen molar-refractivity contribution < 1.29 is 4.39 Å². The number of fused-ring (bicyclic) bond motifs is 1. The summed E-state index contributed by atoms with van der Waals surface area (Å²) in [7, 11) is 0. The fourth-order valence-electron chi connectivity index (χ4n) is 3.54. The SMILES string of the molecule is CCC(NC1CCN2CCCC12)c1ccc(F)cn1. The molecule has 4 heteroatoms. The summed E-state index contributed by atoms with van der Waals surface area (Å²) in [4.78, 5) is 6.83. The second-order valence-corrected chi connectivity index (χ2v) is 5.67. The maximum Gasteiger partial charge on any atom is 0.141 e. The predicted octanol–water partition coefficient (Wildman–Crippen LogP) is 2.50. The Hall–Kier alpha value is -1.00. The van der Waals surface area contributed by atoms with Gasteiger partial charge in [-0.15, -0.1) is 0 Å². The first-order chi connectivity index (χ1) is 9.28. The van der Waals surface area contributed by atoms with E-state index in [0.29, 0.717) is 12.1 Å². The van der Waals surface area contributed by atoms with Gasteiger partial charge in [-0.3, -0.25) is 9.88 Å². The van der Waals surface area contributed by atoms with Crippen molar-refractivity contribution in [3.05, 3.63) is 29.8 Å². The zero-order valence-electron chi connectivity index (χ0n) is 11.5. The average molecular weight is 263 g/mol. The minimum absolute atomic E-state index is 0.242. The van der Waals surface area contributed by atoms with Crippen molar-refractivity contribution in [1.82, 2.24) is 15.2 Å². The molecule has 0 amide bonds. The molecular formula is C15H22FN3. The number of hydrogen-bond acceptors (Lipinski definition) is 3. The van der Waals surface area contributed by atoms with Crippen molar-refractivity contribution in [2.75, 3.05) is 13.1 Å². The molecule has 3 unspecified atom stereocenters. The minimum Gasteiger partial charge on any atom is -0.304 e. The quantitative estimate of drug-likeness (QED) is 0.904. The van der Waals surface area contributed by atoms with Crippen LogP contribution >= 0.6 is 0 Å². The largest absolute Gasteiger partial charge is 0.304 e. The van der Waals surface area contributed by atoms with Crippen molar-refractivity contribution in [3.8, 4) is 0 Å². The van der Waals surface area contributed by atoms with Crippen LogP contribution in [0.5, 0.6) is 0 Å². The van der Waals surface area contributed by atoms with E-state index in [-0.39, 0.29) is 11.9 Å². The highest BCUT2D eigenvalue weighted by Crippen LogP contribution is 2.30. The number of nitrogens with zero attached hydrogens (tertiary/aromatic N) is 2. The maximum atomic E-state index is 12.9. The van der Waals surface area contributed by atoms with E-state index in [0.717, 1.165) is 12.1 Å². The molecule has 2 aliphatic heterocycles. The van der Waals surface area contributed by atoms with Gasteiger partial charge in [-0.25, -0.2) is 4.39 Å². The zero-order valence-corrected chi connectivity index (χ0v) is 11.5. The summed E-state index contributed by atoms with van der Waals surface area (Å²) in [5.41, 5.74) is 0.959. The van der Waals surface area contributed by atoms with Crippen LogP contribution in [0.25, 0.3) is 0 Å². The molecule has 3 nitrogen and oxygen atoms in total. The molecule has 0 spiro atoms. The molecule has 104 valence electrons. The Kier molecular flexibility index (Phi) is 3.80. The fraction of sp³-hybridized carbons (Fsp3) is 0.667. The normalized spacial score (nSPS) is 28.5. The van der Waals surface area contributed by atoms with Crippen LogP contribution in [-0.2, 0) is 0 Å². The molecule has 0 radical (unpaired) electrons. The first-order valence-corrected chi connectivity index (χ1v) is 7.39. The Morgan fingerprint density at radius 1 is 1.42 bits per heavy atom. The molecule has 0 saturated carbocycles. The molecule has 1 N–H and O–H groups in total. The summed E-state index contributed by atoms with van der Waals surface area (Å²) in [6.07, 6.45) is 6.17. The summed E-state index contributed by atoms with van der Waals surface area (Å²) >= 11 is 0. The highest BCUT2D eigenvalue weighted by Gasteiger charge is 2.37. The van der Waals surface area contributed by atoms with Crippen LogP contribution in [0, 0.1) is 5.82 Å². The third kappa shape index (κ3) is 2.65. The van der Waals surface area contributed by atoms with Gasteiger partial charge in [0.15, 0.2) is 0 Å². The molecule has 2 fully saturated rings. The molecule has 3 heterocycles. The van der Waals surface area contributed by atoms with Gasteiger partial charge in [0.25, 0.3) is 0 Å². The zero-order chi connectivity index (χ0) is 13.2. The van der Waals surface area contributed by atoms with Crippen molar-refractivity contribution >= 4 is 0 Å². The van der Waals surface area contributed by atoms with Crippen LogP contribution in [0.1, 0.15) is 44.3 Å². The summed E-state index contributed by atoms with van der Waals surface area (Å²) in [5, 5.41) is 3.75. The van der Waals surface area contributed by atoms with E-state index in [9.17, 15) is 4.39 Å². The summed E-state index contributed by atoms with van der Waals surface area (Å²) in [6, 6.07) is 4.82. The summed E-state index contributed by atoms with van der Waals surface area (Å²) in [6.45, 7) is 4.63. The third-order valence-electron chi connectivity index (χ3n) is 4.54. The van der Waals surface area contributed by atoms with Crippen LogP contribution in [0.15, 0.2) is 18.3 Å². The lowest BCUT2D eigenvalue weighted by Crippen LogP contribution is -2.41. The lowest BCUT2D eigenvalue weighted by molar-refractivity contribution is 0.286. The Balaban J connectivity index is 1.68. The number of aromatic nitrogens is 1. The summed E-state index contributed by atoms with van der Waals surface area (Å²) in [5.74, 6) is -0.263. The highest BCUT2D eigenvalue weighted by molar-refractivity contribution is 5.11. The lowest BCUT2D eigenvalue weighted by atomic mass is 10.0. The third-order valence-corrected chi connectivity index (χ3v) is 4.54. The monoisotopic (exact) mass is 263 g/mol. The number of hydrogen-bond donors (Lipinski definition) is 1. The summed E-state index contributed by atoms with van der Waals surface area (Å²) < 4.78 is 12.9. The van der Waals surface area contributed by atoms with E-state index in [1.165, 1.54) is 44.6 Å². The predicted molar refractivity (Wildman–Crippen MR) is 73.4 cm³/mol. The van der Waals surface area contributed by atoms with E-state index >= 15 is 0 Å². The molecule has 0 bridgehead atoms. The van der Waals surface area contributed by atoms with Crippen molar-refractivity contribution in [1.29, 1.82) is 0 Å². The second-order valence-electron chi connectivity index (χ2n) is 5.67. The molecular weight excluding hydrogens is 241 g/mol. The van der Waals surface area contributed by atoms with Crippen LogP contribution in [0.4, 0.5) is 4.39 Å². The van der Waals surface area contributed by atoms with E-state index in [1.807, 2.05) is 0 Å². The number of rotatable bonds is 4.